The molecule has 0 fully saturated rings. The summed E-state index contributed by atoms with van der Waals surface area (Å²) in [6.45, 7) is 0. The summed E-state index contributed by atoms with van der Waals surface area (Å²) in [6, 6.07) is -0.0942. The van der Waals surface area contributed by atoms with Crippen LogP contribution in [0.5, 0.6) is 0 Å². The number of rotatable bonds is 0. The van der Waals surface area contributed by atoms with E-state index in [2.05, 4.69) is 4.98 Å². The fourth-order valence-electron chi connectivity index (χ4n) is 2.99. The second-order valence-electron chi connectivity index (χ2n) is 5.18. The van der Waals surface area contributed by atoms with Gasteiger partial charge < -0.3 is 10.7 Å². The van der Waals surface area contributed by atoms with Gasteiger partial charge in [-0.2, -0.15) is 26.3 Å². The summed E-state index contributed by atoms with van der Waals surface area (Å²) in [7, 11) is 0. The second kappa shape index (κ2) is 4.16. The highest BCUT2D eigenvalue weighted by Crippen LogP contribution is 2.46. The number of nitrogens with two attached hydrogens (primary N) is 1. The maximum atomic E-state index is 13.2. The van der Waals surface area contributed by atoms with Crippen molar-refractivity contribution in [3.05, 3.63) is 34.5 Å². The van der Waals surface area contributed by atoms with Crippen LogP contribution in [0.25, 0.3) is 10.9 Å². The Morgan fingerprint density at radius 2 is 1.71 bits per heavy atom. The molecule has 0 saturated carbocycles. The average molecular weight is 308 g/mol. The van der Waals surface area contributed by atoms with Crippen molar-refractivity contribution in [2.24, 2.45) is 5.73 Å². The largest absolute Gasteiger partial charge is 0.417 e. The van der Waals surface area contributed by atoms with Crippen molar-refractivity contribution < 1.29 is 26.3 Å². The third kappa shape index (κ3) is 2.17. The van der Waals surface area contributed by atoms with Gasteiger partial charge in [0.15, 0.2) is 0 Å². The Balaban J connectivity index is 2.44. The van der Waals surface area contributed by atoms with E-state index in [4.69, 9.17) is 5.73 Å². The average Bonchev–Trinajstić information content (AvgIpc) is 2.69. The Morgan fingerprint density at radius 1 is 1.05 bits per heavy atom. The molecular formula is C13H10F6N2. The second-order valence-corrected chi connectivity index (χ2v) is 5.18. The van der Waals surface area contributed by atoms with Gasteiger partial charge in [-0.1, -0.05) is 0 Å². The molecule has 0 radical (unpaired) electrons. The van der Waals surface area contributed by atoms with Crippen LogP contribution in [0.2, 0.25) is 0 Å². The molecule has 3 rings (SSSR count). The van der Waals surface area contributed by atoms with Gasteiger partial charge in [0.2, 0.25) is 0 Å². The molecule has 2 aromatic rings. The van der Waals surface area contributed by atoms with Crippen molar-refractivity contribution in [1.82, 2.24) is 4.98 Å². The zero-order valence-corrected chi connectivity index (χ0v) is 10.5. The van der Waals surface area contributed by atoms with Crippen molar-refractivity contribution in [3.63, 3.8) is 0 Å². The summed E-state index contributed by atoms with van der Waals surface area (Å²) in [5.41, 5.74) is 2.64. The van der Waals surface area contributed by atoms with E-state index in [0.29, 0.717) is 18.1 Å². The van der Waals surface area contributed by atoms with E-state index in [1.165, 1.54) is 6.20 Å². The van der Waals surface area contributed by atoms with Gasteiger partial charge in [-0.05, 0) is 30.0 Å². The Labute approximate surface area is 114 Å². The van der Waals surface area contributed by atoms with E-state index < -0.39 is 29.5 Å². The third-order valence-electron chi connectivity index (χ3n) is 3.69. The predicted molar refractivity (Wildman–Crippen MR) is 63.7 cm³/mol. The Kier molecular flexibility index (Phi) is 2.82. The number of alkyl halides is 6. The predicted octanol–water partition coefficient (Wildman–Crippen LogP) is 3.63. The maximum Gasteiger partial charge on any atom is 0.417 e. The van der Waals surface area contributed by atoms with Crippen molar-refractivity contribution in [2.75, 3.05) is 0 Å². The van der Waals surface area contributed by atoms with Crippen molar-refractivity contribution in [3.8, 4) is 0 Å². The summed E-state index contributed by atoms with van der Waals surface area (Å²) in [6.07, 6.45) is -8.62. The highest BCUT2D eigenvalue weighted by molar-refractivity contribution is 5.90. The molecule has 0 bridgehead atoms. The molecule has 8 heteroatoms. The molecule has 0 saturated heterocycles. The fraction of sp³-hybridized carbons (Fsp3) is 0.385. The molecule has 2 nitrogen and oxygen atoms in total. The van der Waals surface area contributed by atoms with Crippen LogP contribution < -0.4 is 5.73 Å². The molecule has 1 atom stereocenters. The Hall–Kier alpha value is -1.70. The molecular weight excluding hydrogens is 298 g/mol. The molecule has 3 N–H and O–H groups in total. The van der Waals surface area contributed by atoms with Gasteiger partial charge in [-0.25, -0.2) is 0 Å². The third-order valence-corrected chi connectivity index (χ3v) is 3.69. The highest BCUT2D eigenvalue weighted by Gasteiger charge is 2.46. The van der Waals surface area contributed by atoms with E-state index in [-0.39, 0.29) is 22.9 Å². The summed E-state index contributed by atoms with van der Waals surface area (Å²) >= 11 is 0. The lowest BCUT2D eigenvalue weighted by atomic mass is 9.84. The lowest BCUT2D eigenvalue weighted by Gasteiger charge is -2.25. The van der Waals surface area contributed by atoms with Crippen molar-refractivity contribution in [2.45, 2.75) is 31.2 Å². The molecule has 21 heavy (non-hydrogen) atoms. The normalized spacial score (nSPS) is 19.3. The van der Waals surface area contributed by atoms with Gasteiger partial charge >= 0.3 is 12.4 Å². The van der Waals surface area contributed by atoms with Crippen LogP contribution in [-0.4, -0.2) is 11.0 Å². The van der Waals surface area contributed by atoms with Crippen LogP contribution in [0.3, 0.4) is 0 Å². The zero-order chi connectivity index (χ0) is 15.6. The standard InChI is InChI=1S/C13H10F6N2/c14-12(15,16)8-3-9-10-5(4-21-9)1-6(20)2-7(10)11(8)13(17,18)19/h3-4,6,21H,1-2,20H2. The molecule has 0 spiro atoms. The van der Waals surface area contributed by atoms with Crippen LogP contribution in [-0.2, 0) is 25.2 Å². The van der Waals surface area contributed by atoms with Gasteiger partial charge in [-0.15, -0.1) is 0 Å². The SMILES string of the molecule is NC1Cc2c[nH]c3cc(C(F)(F)F)c(C(F)(F)F)c(c23)C1. The number of hydrogen-bond acceptors (Lipinski definition) is 1. The van der Waals surface area contributed by atoms with Gasteiger partial charge in [0.05, 0.1) is 11.1 Å². The first-order valence-electron chi connectivity index (χ1n) is 6.15. The number of halogens is 6. The molecule has 1 aliphatic carbocycles. The number of aromatic amines is 1. The van der Waals surface area contributed by atoms with E-state index in [0.717, 1.165) is 0 Å². The highest BCUT2D eigenvalue weighted by atomic mass is 19.4. The zero-order valence-electron chi connectivity index (χ0n) is 10.5. The minimum Gasteiger partial charge on any atom is -0.361 e. The van der Waals surface area contributed by atoms with Gasteiger partial charge in [0.1, 0.15) is 0 Å². The summed E-state index contributed by atoms with van der Waals surface area (Å²) in [4.78, 5) is 2.61. The number of aromatic nitrogens is 1. The molecule has 1 aromatic carbocycles. The molecule has 1 aliphatic rings. The first-order chi connectivity index (χ1) is 9.59. The quantitative estimate of drug-likeness (QED) is 0.717. The molecule has 1 heterocycles. The van der Waals surface area contributed by atoms with Gasteiger partial charge in [-0.3, -0.25) is 0 Å². The lowest BCUT2D eigenvalue weighted by molar-refractivity contribution is -0.162. The minimum atomic E-state index is -5.08. The van der Waals surface area contributed by atoms with E-state index in [1.807, 2.05) is 0 Å². The minimum absolute atomic E-state index is 0.0622. The summed E-state index contributed by atoms with van der Waals surface area (Å²) < 4.78 is 78.6. The van der Waals surface area contributed by atoms with E-state index >= 15 is 0 Å². The Bertz CT molecular complexity index is 710. The van der Waals surface area contributed by atoms with Crippen LogP contribution >= 0.6 is 0 Å². The Morgan fingerprint density at radius 3 is 2.29 bits per heavy atom. The number of nitrogens with one attached hydrogen (secondary N) is 1. The van der Waals surface area contributed by atoms with Gasteiger partial charge in [0, 0.05) is 23.1 Å². The molecule has 0 amide bonds. The number of hydrogen-bond donors (Lipinski definition) is 2. The summed E-state index contributed by atoms with van der Waals surface area (Å²) in [5, 5.41) is 0.219. The van der Waals surface area contributed by atoms with Crippen molar-refractivity contribution >= 4 is 10.9 Å². The first-order valence-corrected chi connectivity index (χ1v) is 6.15. The number of benzene rings is 1. The molecule has 0 aliphatic heterocycles. The molecule has 1 aromatic heterocycles. The number of H-pyrrole nitrogens is 1. The van der Waals surface area contributed by atoms with Crippen molar-refractivity contribution in [1.29, 1.82) is 0 Å². The molecule has 114 valence electrons. The van der Waals surface area contributed by atoms with E-state index in [9.17, 15) is 26.3 Å². The van der Waals surface area contributed by atoms with Gasteiger partial charge in [0.25, 0.3) is 0 Å². The topological polar surface area (TPSA) is 41.8 Å². The van der Waals surface area contributed by atoms with Crippen LogP contribution in [0.1, 0.15) is 22.3 Å². The van der Waals surface area contributed by atoms with E-state index in [1.54, 1.807) is 0 Å². The van der Waals surface area contributed by atoms with Crippen LogP contribution in [0.15, 0.2) is 12.3 Å². The summed E-state index contributed by atoms with van der Waals surface area (Å²) in [5.74, 6) is 0. The smallest absolute Gasteiger partial charge is 0.361 e. The fourth-order valence-corrected chi connectivity index (χ4v) is 2.99. The monoisotopic (exact) mass is 308 g/mol. The first kappa shape index (κ1) is 14.2. The van der Waals surface area contributed by atoms with Crippen LogP contribution in [0.4, 0.5) is 26.3 Å². The maximum absolute atomic E-state index is 13.2. The van der Waals surface area contributed by atoms with Crippen LogP contribution in [0, 0.1) is 0 Å². The lowest BCUT2D eigenvalue weighted by Crippen LogP contribution is -2.31. The molecule has 1 unspecified atom stereocenters.